The number of amides is 2. The van der Waals surface area contributed by atoms with E-state index in [2.05, 4.69) is 15.6 Å². The third-order valence-corrected chi connectivity index (χ3v) is 6.98. The second-order valence-electron chi connectivity index (χ2n) is 11.7. The van der Waals surface area contributed by atoms with Crippen LogP contribution in [0.4, 0.5) is 28.0 Å². The van der Waals surface area contributed by atoms with E-state index in [9.17, 15) is 27.2 Å². The van der Waals surface area contributed by atoms with Gasteiger partial charge >= 0.3 is 6.09 Å². The van der Waals surface area contributed by atoms with E-state index in [-0.39, 0.29) is 43.4 Å². The molecule has 2 fully saturated rings. The fourth-order valence-corrected chi connectivity index (χ4v) is 5.13. The molecule has 2 N–H and O–H groups in total. The van der Waals surface area contributed by atoms with Crippen LogP contribution < -0.4 is 15.5 Å². The molecule has 0 unspecified atom stereocenters. The lowest BCUT2D eigenvalue weighted by atomic mass is 9.92. The van der Waals surface area contributed by atoms with Gasteiger partial charge in [-0.25, -0.2) is 22.4 Å². The number of nitrogens with one attached hydrogen (secondary N) is 2. The molecule has 1 atom stereocenters. The van der Waals surface area contributed by atoms with E-state index >= 15 is 0 Å². The highest BCUT2D eigenvalue weighted by Gasteiger charge is 2.39. The maximum atomic E-state index is 14.2. The van der Waals surface area contributed by atoms with Gasteiger partial charge in [0, 0.05) is 56.0 Å². The fourth-order valence-electron chi connectivity index (χ4n) is 5.13. The Balaban J connectivity index is 1.66. The minimum atomic E-state index is -2.74. The maximum absolute atomic E-state index is 14.2. The monoisotopic (exact) mass is 550 g/mol. The molecule has 1 aliphatic heterocycles. The number of ether oxygens (including phenoxy) is 1. The number of rotatable bonds is 5. The van der Waals surface area contributed by atoms with Gasteiger partial charge in [0.1, 0.15) is 17.2 Å². The molecule has 1 aromatic carbocycles. The SMILES string of the molecule is CC(C)(C)OC(=O)N[C@@]1(C)CCN(c2c(C(=O)NC3CCC(F)(F)CC3)cncc2-c2cc(F)cc(F)c2)C1. The van der Waals surface area contributed by atoms with Crippen molar-refractivity contribution in [1.29, 1.82) is 0 Å². The molecule has 2 aliphatic rings. The van der Waals surface area contributed by atoms with Crippen molar-refractivity contribution < 1.29 is 31.9 Å². The Kier molecular flexibility index (Phi) is 7.82. The molecule has 212 valence electrons. The van der Waals surface area contributed by atoms with Crippen molar-refractivity contribution in [3.05, 3.63) is 47.8 Å². The third-order valence-electron chi connectivity index (χ3n) is 6.98. The summed E-state index contributed by atoms with van der Waals surface area (Å²) < 4.78 is 61.0. The van der Waals surface area contributed by atoms with Crippen molar-refractivity contribution in [1.82, 2.24) is 15.6 Å². The Morgan fingerprint density at radius 1 is 1.05 bits per heavy atom. The molecule has 1 saturated heterocycles. The van der Waals surface area contributed by atoms with Crippen molar-refractivity contribution in [3.63, 3.8) is 0 Å². The number of benzene rings is 1. The Morgan fingerprint density at radius 3 is 2.31 bits per heavy atom. The second kappa shape index (κ2) is 10.7. The number of alkyl halides is 2. The van der Waals surface area contributed by atoms with Crippen LogP contribution in [0, 0.1) is 11.6 Å². The Morgan fingerprint density at radius 2 is 1.69 bits per heavy atom. The summed E-state index contributed by atoms with van der Waals surface area (Å²) in [4.78, 5) is 32.0. The minimum absolute atomic E-state index is 0.137. The zero-order valence-corrected chi connectivity index (χ0v) is 22.5. The van der Waals surface area contributed by atoms with Crippen LogP contribution in [-0.2, 0) is 4.74 Å². The van der Waals surface area contributed by atoms with Crippen LogP contribution in [0.25, 0.3) is 11.1 Å². The van der Waals surface area contributed by atoms with Gasteiger partial charge in [0.05, 0.1) is 16.8 Å². The first-order chi connectivity index (χ1) is 18.1. The first-order valence-electron chi connectivity index (χ1n) is 13.0. The molecule has 2 heterocycles. The number of anilines is 1. The Bertz CT molecular complexity index is 1220. The first kappa shape index (κ1) is 28.6. The second-order valence-corrected chi connectivity index (χ2v) is 11.7. The molecule has 0 radical (unpaired) electrons. The Hall–Kier alpha value is -3.37. The van der Waals surface area contributed by atoms with Crippen LogP contribution in [0.5, 0.6) is 0 Å². The van der Waals surface area contributed by atoms with Crippen LogP contribution in [0.2, 0.25) is 0 Å². The topological polar surface area (TPSA) is 83.6 Å². The van der Waals surface area contributed by atoms with E-state index in [1.54, 1.807) is 20.8 Å². The van der Waals surface area contributed by atoms with Crippen LogP contribution in [0.15, 0.2) is 30.6 Å². The molecule has 2 amide bonds. The highest BCUT2D eigenvalue weighted by Crippen LogP contribution is 2.39. The van der Waals surface area contributed by atoms with Gasteiger partial charge < -0.3 is 20.3 Å². The molecule has 1 saturated carbocycles. The molecule has 7 nitrogen and oxygen atoms in total. The number of pyridine rings is 1. The van der Waals surface area contributed by atoms with Crippen molar-refractivity contribution in [2.45, 2.75) is 82.9 Å². The molecule has 39 heavy (non-hydrogen) atoms. The summed E-state index contributed by atoms with van der Waals surface area (Å²) in [5, 5.41) is 5.74. The van der Waals surface area contributed by atoms with E-state index in [0.29, 0.717) is 24.2 Å². The zero-order valence-electron chi connectivity index (χ0n) is 22.5. The molecule has 2 aromatic rings. The number of alkyl carbamates (subject to hydrolysis) is 1. The number of halogens is 4. The van der Waals surface area contributed by atoms with Gasteiger partial charge in [0.15, 0.2) is 0 Å². The van der Waals surface area contributed by atoms with E-state index in [1.807, 2.05) is 11.8 Å². The largest absolute Gasteiger partial charge is 0.444 e. The van der Waals surface area contributed by atoms with Gasteiger partial charge in [0.25, 0.3) is 5.91 Å². The number of aromatic nitrogens is 1. The summed E-state index contributed by atoms with van der Waals surface area (Å²) in [6.45, 7) is 7.82. The summed E-state index contributed by atoms with van der Waals surface area (Å²) in [6, 6.07) is 2.63. The van der Waals surface area contributed by atoms with Gasteiger partial charge in [-0.2, -0.15) is 0 Å². The van der Waals surface area contributed by atoms with Crippen LogP contribution >= 0.6 is 0 Å². The molecule has 1 aliphatic carbocycles. The van der Waals surface area contributed by atoms with Crippen LogP contribution in [-0.4, -0.2) is 53.2 Å². The normalized spacial score (nSPS) is 21.5. The lowest BCUT2D eigenvalue weighted by Crippen LogP contribution is -2.49. The van der Waals surface area contributed by atoms with Crippen LogP contribution in [0.3, 0.4) is 0 Å². The number of carbonyl (C=O) groups is 2. The lowest BCUT2D eigenvalue weighted by molar-refractivity contribution is -0.0399. The lowest BCUT2D eigenvalue weighted by Gasteiger charge is -2.31. The summed E-state index contributed by atoms with van der Waals surface area (Å²) >= 11 is 0. The highest BCUT2D eigenvalue weighted by molar-refractivity contribution is 6.03. The molecular weight excluding hydrogens is 516 g/mol. The summed E-state index contributed by atoms with van der Waals surface area (Å²) in [7, 11) is 0. The van der Waals surface area contributed by atoms with Gasteiger partial charge in [-0.3, -0.25) is 9.78 Å². The van der Waals surface area contributed by atoms with E-state index in [4.69, 9.17) is 4.74 Å². The number of nitrogens with zero attached hydrogens (tertiary/aromatic N) is 2. The number of carbonyl (C=O) groups excluding carboxylic acids is 2. The summed E-state index contributed by atoms with van der Waals surface area (Å²) in [5.41, 5.74) is -0.348. The standard InChI is InChI=1S/C28H34F4N4O3/c1-26(2,3)39-25(38)35-27(4)9-10-36(16-27)23-21(17-11-18(29)13-19(30)12-17)14-33-15-22(23)24(37)34-20-5-7-28(31,32)8-6-20/h11-15,20H,5-10,16H2,1-4H3,(H,34,37)(H,35,38)/t27-/m0/s1. The summed E-state index contributed by atoms with van der Waals surface area (Å²) in [5.74, 6) is -4.82. The smallest absolute Gasteiger partial charge is 0.408 e. The molecule has 11 heteroatoms. The third kappa shape index (κ3) is 7.19. The fraction of sp³-hybridized carbons (Fsp3) is 0.536. The van der Waals surface area contributed by atoms with E-state index in [1.165, 1.54) is 12.4 Å². The average Bonchev–Trinajstić information content (AvgIpc) is 3.19. The van der Waals surface area contributed by atoms with Crippen molar-refractivity contribution >= 4 is 17.7 Å². The first-order valence-corrected chi connectivity index (χ1v) is 13.0. The number of hydrogen-bond donors (Lipinski definition) is 2. The van der Waals surface area contributed by atoms with Gasteiger partial charge in [-0.1, -0.05) is 0 Å². The van der Waals surface area contributed by atoms with Gasteiger partial charge in [0.2, 0.25) is 5.92 Å². The predicted molar refractivity (Wildman–Crippen MR) is 139 cm³/mol. The quantitative estimate of drug-likeness (QED) is 0.458. The molecule has 0 bridgehead atoms. The molecule has 1 aromatic heterocycles. The molecule has 0 spiro atoms. The zero-order chi connectivity index (χ0) is 28.6. The Labute approximate surface area is 225 Å². The van der Waals surface area contributed by atoms with E-state index in [0.717, 1.165) is 18.2 Å². The molecule has 4 rings (SSSR count). The maximum Gasteiger partial charge on any atom is 0.408 e. The van der Waals surface area contributed by atoms with Gasteiger partial charge in [-0.15, -0.1) is 0 Å². The minimum Gasteiger partial charge on any atom is -0.444 e. The van der Waals surface area contributed by atoms with Crippen molar-refractivity contribution in [2.24, 2.45) is 0 Å². The van der Waals surface area contributed by atoms with Crippen molar-refractivity contribution in [3.8, 4) is 11.1 Å². The number of hydrogen-bond acceptors (Lipinski definition) is 5. The highest BCUT2D eigenvalue weighted by atomic mass is 19.3. The van der Waals surface area contributed by atoms with Crippen molar-refractivity contribution in [2.75, 3.05) is 18.0 Å². The van der Waals surface area contributed by atoms with E-state index < -0.39 is 46.7 Å². The average molecular weight is 551 g/mol. The van der Waals surface area contributed by atoms with Gasteiger partial charge in [-0.05, 0) is 64.7 Å². The molecular formula is C28H34F4N4O3. The predicted octanol–water partition coefficient (Wildman–Crippen LogP) is 5.83. The van der Waals surface area contributed by atoms with Crippen LogP contribution in [0.1, 0.15) is 70.2 Å². The summed E-state index contributed by atoms with van der Waals surface area (Å²) in [6.07, 6.45) is 2.36.